The number of aromatic amines is 1. The van der Waals surface area contributed by atoms with Crippen LogP contribution in [0.3, 0.4) is 0 Å². The number of H-pyrrole nitrogens is 1. The molecule has 166 valence electrons. The molecule has 32 heavy (non-hydrogen) atoms. The van der Waals surface area contributed by atoms with Crippen LogP contribution in [0.5, 0.6) is 11.6 Å². The predicted molar refractivity (Wildman–Crippen MR) is 122 cm³/mol. The van der Waals surface area contributed by atoms with Crippen molar-refractivity contribution in [3.05, 3.63) is 65.4 Å². The molecule has 0 bridgehead atoms. The molecule has 0 aliphatic carbocycles. The fourth-order valence-corrected chi connectivity index (χ4v) is 3.70. The molecule has 2 aromatic carbocycles. The van der Waals surface area contributed by atoms with Crippen molar-refractivity contribution in [3.63, 3.8) is 0 Å². The summed E-state index contributed by atoms with van der Waals surface area (Å²) in [6.45, 7) is 6.20. The molecule has 0 aliphatic heterocycles. The molecule has 7 heteroatoms. The molecule has 0 amide bonds. The lowest BCUT2D eigenvalue weighted by Gasteiger charge is -2.13. The van der Waals surface area contributed by atoms with E-state index in [0.29, 0.717) is 12.2 Å². The van der Waals surface area contributed by atoms with Gasteiger partial charge in [0.25, 0.3) is 0 Å². The summed E-state index contributed by atoms with van der Waals surface area (Å²) in [5, 5.41) is 1.72. The second-order valence-electron chi connectivity index (χ2n) is 7.86. The highest BCUT2D eigenvalue weighted by atomic mass is 16.7. The van der Waals surface area contributed by atoms with E-state index >= 15 is 0 Å². The van der Waals surface area contributed by atoms with Crippen molar-refractivity contribution in [1.29, 1.82) is 0 Å². The van der Waals surface area contributed by atoms with Crippen molar-refractivity contribution >= 4 is 28.0 Å². The number of hydrogen-bond acceptors (Lipinski definition) is 6. The molecule has 0 unspecified atom stereocenters. The number of rotatable bonds is 7. The monoisotopic (exact) mass is 434 g/mol. The van der Waals surface area contributed by atoms with Crippen molar-refractivity contribution in [2.75, 3.05) is 7.11 Å². The first-order chi connectivity index (χ1) is 15.5. The number of aryl methyl sites for hydroxylation is 1. The van der Waals surface area contributed by atoms with E-state index in [2.05, 4.69) is 29.0 Å². The maximum Gasteiger partial charge on any atom is 0.515 e. The number of methoxy groups -OCH3 is 1. The van der Waals surface area contributed by atoms with Crippen molar-refractivity contribution in [3.8, 4) is 11.6 Å². The van der Waals surface area contributed by atoms with Crippen molar-refractivity contribution in [2.45, 2.75) is 40.1 Å². The average molecular weight is 434 g/mol. The number of ether oxygens (including phenoxy) is 4. The molecule has 1 N–H and O–H groups in total. The van der Waals surface area contributed by atoms with Crippen LogP contribution in [-0.2, 0) is 22.7 Å². The van der Waals surface area contributed by atoms with Gasteiger partial charge in [0.1, 0.15) is 12.4 Å². The number of hydrogen-bond donors (Lipinski definition) is 1. The Labute approximate surface area is 186 Å². The molecular formula is C25H26N2O5. The summed E-state index contributed by atoms with van der Waals surface area (Å²) >= 11 is 0. The van der Waals surface area contributed by atoms with E-state index in [9.17, 15) is 4.79 Å². The fraction of sp³-hybridized carbons (Fsp3) is 0.280. The molecule has 0 radical (unpaired) electrons. The standard InChI is InChI=1S/C25H26N2O5/c1-15(2)31-25(28)32-24-18(14-29-4)22-20(12-26-24)27-19-9-6-10-21(23(19)22)30-13-17-8-5-7-16(3)11-17/h5-12,15,27H,13-14H2,1-4H3. The Morgan fingerprint density at radius 2 is 1.88 bits per heavy atom. The van der Waals surface area contributed by atoms with Crippen LogP contribution in [0.1, 0.15) is 30.5 Å². The Hall–Kier alpha value is -3.58. The van der Waals surface area contributed by atoms with Gasteiger partial charge in [0.05, 0.1) is 35.5 Å². The van der Waals surface area contributed by atoms with E-state index in [0.717, 1.165) is 33.1 Å². The first kappa shape index (κ1) is 21.6. The number of carbonyl (C=O) groups excluding carboxylic acids is 1. The molecule has 4 aromatic rings. The molecular weight excluding hydrogens is 408 g/mol. The van der Waals surface area contributed by atoms with E-state index in [1.165, 1.54) is 5.56 Å². The lowest BCUT2D eigenvalue weighted by Crippen LogP contribution is -2.17. The summed E-state index contributed by atoms with van der Waals surface area (Å²) in [7, 11) is 1.58. The third kappa shape index (κ3) is 4.53. The molecule has 0 spiro atoms. The van der Waals surface area contributed by atoms with Gasteiger partial charge in [-0.05, 0) is 38.5 Å². The molecule has 0 aliphatic rings. The number of carbonyl (C=O) groups is 1. The second kappa shape index (κ2) is 9.28. The number of fused-ring (bicyclic) bond motifs is 3. The van der Waals surface area contributed by atoms with Crippen LogP contribution in [-0.4, -0.2) is 29.3 Å². The van der Waals surface area contributed by atoms with Gasteiger partial charge < -0.3 is 23.9 Å². The first-order valence-electron chi connectivity index (χ1n) is 10.4. The number of nitrogens with zero attached hydrogens (tertiary/aromatic N) is 1. The van der Waals surface area contributed by atoms with Crippen molar-refractivity contribution < 1.29 is 23.7 Å². The Morgan fingerprint density at radius 1 is 1.06 bits per heavy atom. The van der Waals surface area contributed by atoms with Gasteiger partial charge in [0, 0.05) is 17.9 Å². The minimum atomic E-state index is -0.806. The Morgan fingerprint density at radius 3 is 2.62 bits per heavy atom. The quantitative estimate of drug-likeness (QED) is 0.377. The van der Waals surface area contributed by atoms with Crippen LogP contribution < -0.4 is 9.47 Å². The molecule has 4 rings (SSSR count). The summed E-state index contributed by atoms with van der Waals surface area (Å²) in [5.41, 5.74) is 4.59. The average Bonchev–Trinajstić information content (AvgIpc) is 3.13. The molecule has 7 nitrogen and oxygen atoms in total. The van der Waals surface area contributed by atoms with Crippen LogP contribution in [0.15, 0.2) is 48.7 Å². The Kier molecular flexibility index (Phi) is 6.28. The van der Waals surface area contributed by atoms with Crippen molar-refractivity contribution in [1.82, 2.24) is 9.97 Å². The summed E-state index contributed by atoms with van der Waals surface area (Å²) < 4.78 is 22.2. The van der Waals surface area contributed by atoms with Gasteiger partial charge in [-0.1, -0.05) is 35.9 Å². The minimum absolute atomic E-state index is 0.152. The predicted octanol–water partition coefficient (Wildman–Crippen LogP) is 5.67. The molecule has 0 atom stereocenters. The second-order valence-corrected chi connectivity index (χ2v) is 7.86. The summed E-state index contributed by atoms with van der Waals surface area (Å²) in [6, 6.07) is 14.0. The molecule has 2 heterocycles. The highest BCUT2D eigenvalue weighted by Gasteiger charge is 2.21. The molecule has 0 fully saturated rings. The maximum absolute atomic E-state index is 12.1. The number of nitrogens with one attached hydrogen (secondary N) is 1. The Balaban J connectivity index is 1.78. The zero-order valence-corrected chi connectivity index (χ0v) is 18.6. The van der Waals surface area contributed by atoms with Crippen LogP contribution >= 0.6 is 0 Å². The fourth-order valence-electron chi connectivity index (χ4n) is 3.70. The van der Waals surface area contributed by atoms with Gasteiger partial charge in [-0.3, -0.25) is 0 Å². The zero-order chi connectivity index (χ0) is 22.7. The minimum Gasteiger partial charge on any atom is -0.488 e. The molecule has 2 aromatic heterocycles. The van der Waals surface area contributed by atoms with E-state index < -0.39 is 6.16 Å². The topological polar surface area (TPSA) is 82.7 Å². The molecule has 0 saturated carbocycles. The summed E-state index contributed by atoms with van der Waals surface area (Å²) in [5.74, 6) is 0.869. The number of pyridine rings is 1. The van der Waals surface area contributed by atoms with E-state index in [-0.39, 0.29) is 18.6 Å². The highest BCUT2D eigenvalue weighted by molar-refractivity contribution is 6.12. The van der Waals surface area contributed by atoms with Gasteiger partial charge >= 0.3 is 6.16 Å². The van der Waals surface area contributed by atoms with Crippen LogP contribution in [0.25, 0.3) is 21.8 Å². The third-order valence-corrected chi connectivity index (χ3v) is 4.96. The van der Waals surface area contributed by atoms with Crippen LogP contribution in [0.4, 0.5) is 4.79 Å². The van der Waals surface area contributed by atoms with Crippen molar-refractivity contribution in [2.24, 2.45) is 0 Å². The van der Waals surface area contributed by atoms with E-state index in [1.54, 1.807) is 27.2 Å². The number of aromatic nitrogens is 2. The number of benzene rings is 2. The normalized spacial score (nSPS) is 11.3. The van der Waals surface area contributed by atoms with Gasteiger partial charge in [0.2, 0.25) is 5.88 Å². The van der Waals surface area contributed by atoms with E-state index in [1.807, 2.05) is 30.3 Å². The summed E-state index contributed by atoms with van der Waals surface area (Å²) in [4.78, 5) is 19.8. The van der Waals surface area contributed by atoms with Gasteiger partial charge in [-0.25, -0.2) is 9.78 Å². The van der Waals surface area contributed by atoms with Crippen LogP contribution in [0.2, 0.25) is 0 Å². The third-order valence-electron chi connectivity index (χ3n) is 4.96. The van der Waals surface area contributed by atoms with Gasteiger partial charge in [0.15, 0.2) is 0 Å². The van der Waals surface area contributed by atoms with Crippen LogP contribution in [0, 0.1) is 6.92 Å². The SMILES string of the molecule is COCc1c(OC(=O)OC(C)C)ncc2[nH]c3cccc(OCc4cccc(C)c4)c3c12. The van der Waals surface area contributed by atoms with E-state index in [4.69, 9.17) is 18.9 Å². The smallest absolute Gasteiger partial charge is 0.488 e. The Bertz CT molecular complexity index is 1260. The summed E-state index contributed by atoms with van der Waals surface area (Å²) in [6.07, 6.45) is 0.531. The van der Waals surface area contributed by atoms with Gasteiger partial charge in [-0.15, -0.1) is 0 Å². The van der Waals surface area contributed by atoms with Gasteiger partial charge in [-0.2, -0.15) is 0 Å². The first-order valence-corrected chi connectivity index (χ1v) is 10.4. The highest BCUT2D eigenvalue weighted by Crippen LogP contribution is 2.38. The molecule has 0 saturated heterocycles. The largest absolute Gasteiger partial charge is 0.515 e. The lowest BCUT2D eigenvalue weighted by molar-refractivity contribution is 0.0705. The zero-order valence-electron chi connectivity index (χ0n) is 18.6. The maximum atomic E-state index is 12.1. The lowest BCUT2D eigenvalue weighted by atomic mass is 10.1.